The molecule has 0 amide bonds. The minimum Gasteiger partial charge on any atom is -0.478 e. The van der Waals surface area contributed by atoms with Gasteiger partial charge in [0.2, 0.25) is 0 Å². The Morgan fingerprint density at radius 1 is 1.53 bits per heavy atom. The Morgan fingerprint density at radius 3 is 2.80 bits per heavy atom. The number of carboxylic acid groups (broad SMARTS) is 1. The second-order valence-corrected chi connectivity index (χ2v) is 3.49. The lowest BCUT2D eigenvalue weighted by Gasteiger charge is -2.13. The molecule has 1 aromatic carbocycles. The van der Waals surface area contributed by atoms with Crippen LogP contribution in [-0.2, 0) is 4.79 Å². The average Bonchev–Trinajstić information content (AvgIpc) is 2.17. The lowest BCUT2D eigenvalue weighted by molar-refractivity contribution is -0.131. The normalized spacial score (nSPS) is 12.7. The van der Waals surface area contributed by atoms with Crippen LogP contribution >= 0.6 is 11.6 Å². The number of nitrogens with one attached hydrogen (secondary N) is 1. The quantitative estimate of drug-likeness (QED) is 0.775. The maximum Gasteiger partial charge on any atom is 0.329 e. The number of halogens is 1. The molecular weight excluding hydrogens is 214 g/mol. The van der Waals surface area contributed by atoms with E-state index >= 15 is 0 Å². The lowest BCUT2D eigenvalue weighted by Crippen LogP contribution is -2.12. The lowest BCUT2D eigenvalue weighted by atomic mass is 10.1. The third kappa shape index (κ3) is 3.64. The van der Waals surface area contributed by atoms with Crippen molar-refractivity contribution in [2.75, 3.05) is 0 Å². The van der Waals surface area contributed by atoms with Crippen molar-refractivity contribution < 1.29 is 9.90 Å². The number of hydrogen-bond donors (Lipinski definition) is 2. The first kappa shape index (κ1) is 11.6. The molecule has 0 aromatic heterocycles. The fraction of sp³-hybridized carbons (Fsp3) is 0.182. The summed E-state index contributed by atoms with van der Waals surface area (Å²) in [6.07, 6.45) is 2.45. The molecule has 80 valence electrons. The van der Waals surface area contributed by atoms with Crippen molar-refractivity contribution in [3.8, 4) is 0 Å². The van der Waals surface area contributed by atoms with Gasteiger partial charge >= 0.3 is 5.97 Å². The summed E-state index contributed by atoms with van der Waals surface area (Å²) in [5.41, 5.74) is 0.939. The topological polar surface area (TPSA) is 49.3 Å². The molecular formula is C11H12ClNO2. The third-order valence-electron chi connectivity index (χ3n) is 1.94. The molecule has 15 heavy (non-hydrogen) atoms. The van der Waals surface area contributed by atoms with Gasteiger partial charge in [-0.25, -0.2) is 4.79 Å². The van der Waals surface area contributed by atoms with Crippen LogP contribution in [-0.4, -0.2) is 11.1 Å². The van der Waals surface area contributed by atoms with E-state index in [1.807, 2.05) is 25.1 Å². The number of carbonyl (C=O) groups is 1. The Morgan fingerprint density at radius 2 is 2.20 bits per heavy atom. The van der Waals surface area contributed by atoms with Crippen LogP contribution in [0.1, 0.15) is 18.5 Å². The van der Waals surface area contributed by atoms with Crippen molar-refractivity contribution in [2.24, 2.45) is 0 Å². The van der Waals surface area contributed by atoms with Gasteiger partial charge in [0, 0.05) is 23.3 Å². The van der Waals surface area contributed by atoms with Crippen LogP contribution in [0.2, 0.25) is 5.02 Å². The number of rotatable bonds is 4. The summed E-state index contributed by atoms with van der Waals surface area (Å²) in [4.78, 5) is 10.2. The molecule has 0 fully saturated rings. The van der Waals surface area contributed by atoms with Gasteiger partial charge < -0.3 is 10.4 Å². The molecule has 0 aliphatic carbocycles. The Balaban J connectivity index is 2.65. The highest BCUT2D eigenvalue weighted by Gasteiger charge is 2.06. The number of carboxylic acids is 1. The smallest absolute Gasteiger partial charge is 0.329 e. The number of aliphatic carboxylic acids is 1. The first-order valence-electron chi connectivity index (χ1n) is 4.51. The van der Waals surface area contributed by atoms with E-state index < -0.39 is 5.97 Å². The molecule has 0 bridgehead atoms. The average molecular weight is 226 g/mol. The molecule has 0 heterocycles. The summed E-state index contributed by atoms with van der Waals surface area (Å²) < 4.78 is 0. The van der Waals surface area contributed by atoms with E-state index in [0.717, 1.165) is 11.6 Å². The van der Waals surface area contributed by atoms with Crippen LogP contribution in [0.4, 0.5) is 0 Å². The van der Waals surface area contributed by atoms with Crippen molar-refractivity contribution in [3.05, 3.63) is 47.1 Å². The second kappa shape index (κ2) is 5.41. The zero-order valence-corrected chi connectivity index (χ0v) is 9.03. The van der Waals surface area contributed by atoms with Gasteiger partial charge in [-0.2, -0.15) is 0 Å². The van der Waals surface area contributed by atoms with Crippen molar-refractivity contribution in [2.45, 2.75) is 13.0 Å². The first-order chi connectivity index (χ1) is 7.11. The predicted octanol–water partition coefficient (Wildman–Crippen LogP) is 2.59. The number of hydrogen-bond acceptors (Lipinski definition) is 2. The van der Waals surface area contributed by atoms with Gasteiger partial charge in [-0.1, -0.05) is 29.8 Å². The summed E-state index contributed by atoms with van der Waals surface area (Å²) in [6, 6.07) is 7.42. The molecule has 0 saturated carbocycles. The fourth-order valence-electron chi connectivity index (χ4n) is 1.18. The van der Waals surface area contributed by atoms with Crippen LogP contribution in [0, 0.1) is 0 Å². The molecule has 3 nitrogen and oxygen atoms in total. The van der Waals surface area contributed by atoms with E-state index in [0.29, 0.717) is 5.02 Å². The van der Waals surface area contributed by atoms with Gasteiger partial charge in [0.05, 0.1) is 0 Å². The van der Waals surface area contributed by atoms with Crippen molar-refractivity contribution in [1.82, 2.24) is 5.32 Å². The maximum absolute atomic E-state index is 10.2. The monoisotopic (exact) mass is 225 g/mol. The minimum atomic E-state index is -0.978. The van der Waals surface area contributed by atoms with Crippen molar-refractivity contribution in [3.63, 3.8) is 0 Å². The maximum atomic E-state index is 10.2. The summed E-state index contributed by atoms with van der Waals surface area (Å²) in [5, 5.41) is 12.0. The molecule has 1 aromatic rings. The van der Waals surface area contributed by atoms with E-state index in [9.17, 15) is 4.79 Å². The Hall–Kier alpha value is -1.48. The van der Waals surface area contributed by atoms with Crippen molar-refractivity contribution >= 4 is 17.6 Å². The van der Waals surface area contributed by atoms with Crippen LogP contribution in [0.5, 0.6) is 0 Å². The molecule has 0 spiro atoms. The standard InChI is InChI=1S/C11H12ClNO2/c1-8(13-7-6-11(14)15)9-4-2-3-5-10(9)12/h2-8,13H,1H3,(H,14,15)/b7-6+/t8-/m1/s1. The molecule has 0 saturated heterocycles. The van der Waals surface area contributed by atoms with Crippen LogP contribution < -0.4 is 5.32 Å². The summed E-state index contributed by atoms with van der Waals surface area (Å²) >= 11 is 5.98. The fourth-order valence-corrected chi connectivity index (χ4v) is 1.48. The van der Waals surface area contributed by atoms with E-state index in [1.54, 1.807) is 6.07 Å². The highest BCUT2D eigenvalue weighted by atomic mass is 35.5. The highest BCUT2D eigenvalue weighted by molar-refractivity contribution is 6.31. The van der Waals surface area contributed by atoms with E-state index in [4.69, 9.17) is 16.7 Å². The van der Waals surface area contributed by atoms with Gasteiger partial charge in [-0.15, -0.1) is 0 Å². The van der Waals surface area contributed by atoms with Gasteiger partial charge in [0.1, 0.15) is 0 Å². The minimum absolute atomic E-state index is 0.0192. The van der Waals surface area contributed by atoms with Crippen molar-refractivity contribution in [1.29, 1.82) is 0 Å². The summed E-state index contributed by atoms with van der Waals surface area (Å²) in [5.74, 6) is -0.978. The molecule has 0 unspecified atom stereocenters. The summed E-state index contributed by atoms with van der Waals surface area (Å²) in [6.45, 7) is 1.91. The van der Waals surface area contributed by atoms with Gasteiger partial charge in [-0.3, -0.25) is 0 Å². The van der Waals surface area contributed by atoms with E-state index in [1.165, 1.54) is 6.20 Å². The van der Waals surface area contributed by atoms with Gasteiger partial charge in [0.25, 0.3) is 0 Å². The van der Waals surface area contributed by atoms with E-state index in [2.05, 4.69) is 5.32 Å². The van der Waals surface area contributed by atoms with Crippen LogP contribution in [0.3, 0.4) is 0 Å². The SMILES string of the molecule is C[C@@H](N/C=C/C(=O)O)c1ccccc1Cl. The Kier molecular flexibility index (Phi) is 4.18. The molecule has 0 aliphatic rings. The Bertz CT molecular complexity index is 377. The first-order valence-corrected chi connectivity index (χ1v) is 4.89. The molecule has 0 radical (unpaired) electrons. The summed E-state index contributed by atoms with van der Waals surface area (Å²) in [7, 11) is 0. The molecule has 1 rings (SSSR count). The zero-order chi connectivity index (χ0) is 11.3. The largest absolute Gasteiger partial charge is 0.478 e. The zero-order valence-electron chi connectivity index (χ0n) is 8.27. The Labute approximate surface area is 93.4 Å². The molecule has 0 aliphatic heterocycles. The van der Waals surface area contributed by atoms with E-state index in [-0.39, 0.29) is 6.04 Å². The molecule has 2 N–H and O–H groups in total. The molecule has 4 heteroatoms. The predicted molar refractivity (Wildman–Crippen MR) is 59.8 cm³/mol. The highest BCUT2D eigenvalue weighted by Crippen LogP contribution is 2.21. The van der Waals surface area contributed by atoms with Crippen LogP contribution in [0.15, 0.2) is 36.5 Å². The number of benzene rings is 1. The second-order valence-electron chi connectivity index (χ2n) is 3.08. The van der Waals surface area contributed by atoms with Crippen LogP contribution in [0.25, 0.3) is 0 Å². The molecule has 1 atom stereocenters. The van der Waals surface area contributed by atoms with Gasteiger partial charge in [-0.05, 0) is 18.6 Å². The third-order valence-corrected chi connectivity index (χ3v) is 2.29. The van der Waals surface area contributed by atoms with Gasteiger partial charge in [0.15, 0.2) is 0 Å².